The zero-order chi connectivity index (χ0) is 14.7. The van der Waals surface area contributed by atoms with Crippen LogP contribution in [0.1, 0.15) is 42.9 Å². The van der Waals surface area contributed by atoms with Gasteiger partial charge in [0.1, 0.15) is 0 Å². The molecule has 0 amide bonds. The molecule has 1 aromatic heterocycles. The Kier molecular flexibility index (Phi) is 5.06. The van der Waals surface area contributed by atoms with Gasteiger partial charge >= 0.3 is 127 Å². The summed E-state index contributed by atoms with van der Waals surface area (Å²) in [6.45, 7) is 12.6. The van der Waals surface area contributed by atoms with E-state index in [2.05, 4.69) is 50.5 Å². The first-order valence-electron chi connectivity index (χ1n) is 7.37. The van der Waals surface area contributed by atoms with Gasteiger partial charge in [0.25, 0.3) is 0 Å². The molecule has 0 fully saturated rings. The SMILES string of the molecule is CCO/C(=C/c1[se]c2cc(C)c(C)cc2[n+]1CC)CC. The molecule has 0 bridgehead atoms. The van der Waals surface area contributed by atoms with E-state index in [1.54, 1.807) is 0 Å². The van der Waals surface area contributed by atoms with Gasteiger partial charge in [-0.3, -0.25) is 0 Å². The van der Waals surface area contributed by atoms with Gasteiger partial charge < -0.3 is 0 Å². The molecule has 0 unspecified atom stereocenters. The first kappa shape index (κ1) is 15.3. The standard InChI is InChI=1S/C17H24NOSe/c1-6-14(19-8-3)11-17-18(7-2)15-9-12(4)13(5)10-16(15)20-17/h9-11H,6-8H2,1-5H3/q+1/b14-11+. The third-order valence-corrected chi connectivity index (χ3v) is 5.92. The Morgan fingerprint density at radius 2 is 1.90 bits per heavy atom. The molecule has 1 aromatic carbocycles. The van der Waals surface area contributed by atoms with E-state index in [1.165, 1.54) is 25.5 Å². The van der Waals surface area contributed by atoms with Crippen LogP contribution in [0.15, 0.2) is 17.9 Å². The second-order valence-electron chi connectivity index (χ2n) is 4.99. The van der Waals surface area contributed by atoms with Gasteiger partial charge in [0.15, 0.2) is 0 Å². The van der Waals surface area contributed by atoms with Crippen molar-refractivity contribution in [3.05, 3.63) is 33.6 Å². The van der Waals surface area contributed by atoms with E-state index >= 15 is 0 Å². The number of aromatic nitrogens is 1. The number of nitrogens with zero attached hydrogens (tertiary/aromatic N) is 1. The molecular weight excluding hydrogens is 313 g/mol. The minimum atomic E-state index is 0.390. The number of benzene rings is 1. The zero-order valence-corrected chi connectivity index (χ0v) is 14.8. The fourth-order valence-corrected chi connectivity index (χ4v) is 5.01. The third kappa shape index (κ3) is 2.99. The van der Waals surface area contributed by atoms with Gasteiger partial charge in [0.05, 0.1) is 0 Å². The molecule has 2 nitrogen and oxygen atoms in total. The van der Waals surface area contributed by atoms with Crippen molar-refractivity contribution in [3.63, 3.8) is 0 Å². The molecule has 108 valence electrons. The van der Waals surface area contributed by atoms with Crippen LogP contribution in [0.2, 0.25) is 0 Å². The third-order valence-electron chi connectivity index (χ3n) is 3.63. The van der Waals surface area contributed by atoms with E-state index in [0.29, 0.717) is 14.5 Å². The van der Waals surface area contributed by atoms with Gasteiger partial charge in [-0.25, -0.2) is 0 Å². The second-order valence-corrected chi connectivity index (χ2v) is 7.21. The van der Waals surface area contributed by atoms with Crippen LogP contribution in [0.5, 0.6) is 0 Å². The Morgan fingerprint density at radius 1 is 1.20 bits per heavy atom. The summed E-state index contributed by atoms with van der Waals surface area (Å²) in [7, 11) is 0. The number of fused-ring (bicyclic) bond motifs is 1. The molecule has 0 N–H and O–H groups in total. The summed E-state index contributed by atoms with van der Waals surface area (Å²) in [4.78, 5) is 0. The van der Waals surface area contributed by atoms with Crippen LogP contribution in [0, 0.1) is 13.8 Å². The number of ether oxygens (including phenoxy) is 1. The van der Waals surface area contributed by atoms with E-state index in [-0.39, 0.29) is 0 Å². The van der Waals surface area contributed by atoms with E-state index in [0.717, 1.165) is 25.3 Å². The molecule has 3 heteroatoms. The van der Waals surface area contributed by atoms with Gasteiger partial charge in [-0.1, -0.05) is 0 Å². The summed E-state index contributed by atoms with van der Waals surface area (Å²) in [5.74, 6) is 1.10. The molecule has 0 aliphatic rings. The molecule has 0 aliphatic heterocycles. The van der Waals surface area contributed by atoms with Crippen LogP contribution in [0.3, 0.4) is 0 Å². The van der Waals surface area contributed by atoms with E-state index in [9.17, 15) is 0 Å². The van der Waals surface area contributed by atoms with E-state index in [4.69, 9.17) is 4.74 Å². The van der Waals surface area contributed by atoms with Crippen molar-refractivity contribution in [2.75, 3.05) is 6.61 Å². The van der Waals surface area contributed by atoms with Crippen molar-refractivity contribution >= 4 is 30.4 Å². The Morgan fingerprint density at radius 3 is 2.50 bits per heavy atom. The van der Waals surface area contributed by atoms with Crippen molar-refractivity contribution < 1.29 is 9.30 Å². The Hall–Kier alpha value is -1.05. The molecule has 2 rings (SSSR count). The number of hydrogen-bond acceptors (Lipinski definition) is 1. The fraction of sp³-hybridized carbons (Fsp3) is 0.471. The van der Waals surface area contributed by atoms with Crippen LogP contribution in [0.25, 0.3) is 15.9 Å². The van der Waals surface area contributed by atoms with Crippen molar-refractivity contribution in [2.24, 2.45) is 0 Å². The first-order chi connectivity index (χ1) is 9.60. The van der Waals surface area contributed by atoms with E-state index in [1.807, 2.05) is 6.92 Å². The van der Waals surface area contributed by atoms with Crippen LogP contribution in [-0.2, 0) is 11.3 Å². The van der Waals surface area contributed by atoms with Crippen molar-refractivity contribution in [1.29, 1.82) is 0 Å². The predicted octanol–water partition coefficient (Wildman–Crippen LogP) is 3.61. The number of aryl methyl sites for hydroxylation is 3. The Bertz CT molecular complexity index is 640. The van der Waals surface area contributed by atoms with Crippen molar-refractivity contribution in [1.82, 2.24) is 0 Å². The molecule has 0 saturated heterocycles. The zero-order valence-electron chi connectivity index (χ0n) is 13.1. The van der Waals surface area contributed by atoms with Crippen LogP contribution in [0.4, 0.5) is 0 Å². The number of allylic oxidation sites excluding steroid dienone is 1. The maximum atomic E-state index is 5.72. The molecule has 0 saturated carbocycles. The summed E-state index contributed by atoms with van der Waals surface area (Å²) in [5, 5.41) is 0. The van der Waals surface area contributed by atoms with Gasteiger partial charge in [-0.05, 0) is 0 Å². The number of hydrogen-bond donors (Lipinski definition) is 0. The summed E-state index contributed by atoms with van der Waals surface area (Å²) < 4.78 is 11.1. The van der Waals surface area contributed by atoms with Crippen LogP contribution >= 0.6 is 0 Å². The number of rotatable bonds is 5. The summed E-state index contributed by atoms with van der Waals surface area (Å²) in [5.41, 5.74) is 4.17. The summed E-state index contributed by atoms with van der Waals surface area (Å²) in [6, 6.07) is 4.70. The maximum absolute atomic E-state index is 5.72. The van der Waals surface area contributed by atoms with Crippen LogP contribution < -0.4 is 4.57 Å². The molecule has 0 atom stereocenters. The molecule has 0 aliphatic carbocycles. The second kappa shape index (κ2) is 6.60. The summed E-state index contributed by atoms with van der Waals surface area (Å²) >= 11 is 0.390. The van der Waals surface area contributed by atoms with Crippen molar-refractivity contribution in [2.45, 2.75) is 47.6 Å². The Balaban J connectivity index is 2.58. The molecule has 0 spiro atoms. The minimum absolute atomic E-state index is 0.390. The quantitative estimate of drug-likeness (QED) is 0.461. The average molecular weight is 337 g/mol. The topological polar surface area (TPSA) is 13.1 Å². The molecule has 1 heterocycles. The van der Waals surface area contributed by atoms with Crippen LogP contribution in [-0.4, -0.2) is 21.1 Å². The van der Waals surface area contributed by atoms with Gasteiger partial charge in [-0.15, -0.1) is 0 Å². The average Bonchev–Trinajstić information content (AvgIpc) is 2.75. The molecular formula is C17H24NOSe+. The van der Waals surface area contributed by atoms with Gasteiger partial charge in [-0.2, -0.15) is 0 Å². The molecule has 20 heavy (non-hydrogen) atoms. The van der Waals surface area contributed by atoms with E-state index < -0.39 is 0 Å². The normalized spacial score (nSPS) is 12.2. The van der Waals surface area contributed by atoms with Crippen molar-refractivity contribution in [3.8, 4) is 0 Å². The Labute approximate surface area is 127 Å². The molecule has 2 aromatic rings. The van der Waals surface area contributed by atoms with Gasteiger partial charge in [0, 0.05) is 0 Å². The monoisotopic (exact) mass is 338 g/mol. The first-order valence-corrected chi connectivity index (χ1v) is 9.08. The summed E-state index contributed by atoms with van der Waals surface area (Å²) in [6.07, 6.45) is 3.22. The predicted molar refractivity (Wildman–Crippen MR) is 86.1 cm³/mol. The molecule has 0 radical (unpaired) electrons. The fourth-order valence-electron chi connectivity index (χ4n) is 2.36. The van der Waals surface area contributed by atoms with Gasteiger partial charge in [0.2, 0.25) is 0 Å².